The van der Waals surface area contributed by atoms with Crippen LogP contribution >= 0.6 is 0 Å². The Hall–Kier alpha value is -1.94. The Kier molecular flexibility index (Phi) is 4.47. The van der Waals surface area contributed by atoms with Gasteiger partial charge in [0.2, 0.25) is 0 Å². The van der Waals surface area contributed by atoms with Gasteiger partial charge in [-0.3, -0.25) is 4.98 Å². The molecule has 0 saturated heterocycles. The first-order valence-corrected chi connectivity index (χ1v) is 6.31. The van der Waals surface area contributed by atoms with E-state index in [0.29, 0.717) is 17.9 Å². The van der Waals surface area contributed by atoms with E-state index in [4.69, 9.17) is 10.5 Å². The zero-order valence-corrected chi connectivity index (χ0v) is 10.9. The van der Waals surface area contributed by atoms with Gasteiger partial charge in [-0.15, -0.1) is 0 Å². The molecule has 2 N–H and O–H groups in total. The summed E-state index contributed by atoms with van der Waals surface area (Å²) in [6.45, 7) is 2.88. The Bertz CT molecular complexity index is 558. The summed E-state index contributed by atoms with van der Waals surface area (Å²) in [5.41, 5.74) is 7.55. The van der Waals surface area contributed by atoms with Crippen molar-refractivity contribution >= 4 is 0 Å². The second-order valence-electron chi connectivity index (χ2n) is 4.27. The van der Waals surface area contributed by atoms with E-state index in [0.717, 1.165) is 17.5 Å². The minimum atomic E-state index is -0.292. The number of nitrogens with zero attached hydrogens (tertiary/aromatic N) is 1. The quantitative estimate of drug-likeness (QED) is 0.898. The lowest BCUT2D eigenvalue weighted by molar-refractivity contribution is 0.316. The number of rotatable bonds is 5. The van der Waals surface area contributed by atoms with Crippen molar-refractivity contribution < 1.29 is 9.13 Å². The standard InChI is InChI=1S/C15H17FN2O/c1-2-5-19-14-6-13(9-18-10-14)11-3-4-12(8-17)15(16)7-11/h3-4,6-7,9-10H,2,5,8,17H2,1H3. The van der Waals surface area contributed by atoms with Crippen LogP contribution in [0.5, 0.6) is 5.75 Å². The number of ether oxygens (including phenoxy) is 1. The first kappa shape index (κ1) is 13.5. The highest BCUT2D eigenvalue weighted by molar-refractivity contribution is 5.64. The van der Waals surface area contributed by atoms with Crippen LogP contribution in [0.3, 0.4) is 0 Å². The average molecular weight is 260 g/mol. The maximum Gasteiger partial charge on any atom is 0.138 e. The van der Waals surface area contributed by atoms with Gasteiger partial charge in [0, 0.05) is 23.9 Å². The monoisotopic (exact) mass is 260 g/mol. The summed E-state index contributed by atoms with van der Waals surface area (Å²) in [7, 11) is 0. The molecule has 0 aliphatic carbocycles. The fourth-order valence-electron chi connectivity index (χ4n) is 1.77. The minimum Gasteiger partial charge on any atom is -0.492 e. The molecule has 1 heterocycles. The third-order valence-electron chi connectivity index (χ3n) is 2.79. The first-order valence-electron chi connectivity index (χ1n) is 6.31. The summed E-state index contributed by atoms with van der Waals surface area (Å²) in [5.74, 6) is 0.405. The Morgan fingerprint density at radius 3 is 2.74 bits per heavy atom. The van der Waals surface area contributed by atoms with Crippen molar-refractivity contribution in [2.75, 3.05) is 6.61 Å². The topological polar surface area (TPSA) is 48.1 Å². The van der Waals surface area contributed by atoms with Crippen LogP contribution in [0.15, 0.2) is 36.7 Å². The maximum absolute atomic E-state index is 13.7. The summed E-state index contributed by atoms with van der Waals surface area (Å²) in [5, 5.41) is 0. The van der Waals surface area contributed by atoms with Crippen molar-refractivity contribution in [1.29, 1.82) is 0 Å². The largest absolute Gasteiger partial charge is 0.492 e. The number of halogens is 1. The molecule has 4 heteroatoms. The fraction of sp³-hybridized carbons (Fsp3) is 0.267. The van der Waals surface area contributed by atoms with E-state index in [-0.39, 0.29) is 12.4 Å². The summed E-state index contributed by atoms with van der Waals surface area (Å²) < 4.78 is 19.2. The molecule has 0 amide bonds. The molecule has 0 atom stereocenters. The molecule has 0 spiro atoms. The Labute approximate surface area is 112 Å². The summed E-state index contributed by atoms with van der Waals surface area (Å²) in [4.78, 5) is 4.11. The highest BCUT2D eigenvalue weighted by Crippen LogP contribution is 2.24. The predicted molar refractivity (Wildman–Crippen MR) is 73.3 cm³/mol. The molecule has 1 aromatic heterocycles. The third-order valence-corrected chi connectivity index (χ3v) is 2.79. The molecule has 100 valence electrons. The maximum atomic E-state index is 13.7. The van der Waals surface area contributed by atoms with Gasteiger partial charge in [-0.2, -0.15) is 0 Å². The number of hydrogen-bond donors (Lipinski definition) is 1. The van der Waals surface area contributed by atoms with E-state index in [1.807, 2.05) is 19.1 Å². The molecule has 0 aliphatic rings. The molecule has 19 heavy (non-hydrogen) atoms. The van der Waals surface area contributed by atoms with Gasteiger partial charge in [-0.1, -0.05) is 19.1 Å². The Morgan fingerprint density at radius 2 is 2.05 bits per heavy atom. The number of nitrogens with two attached hydrogens (primary N) is 1. The SMILES string of the molecule is CCCOc1cncc(-c2ccc(CN)c(F)c2)c1. The number of aromatic nitrogens is 1. The highest BCUT2D eigenvalue weighted by Gasteiger charge is 2.05. The third kappa shape index (κ3) is 3.29. The molecular formula is C15H17FN2O. The molecule has 0 fully saturated rings. The van der Waals surface area contributed by atoms with Gasteiger partial charge in [-0.05, 0) is 24.1 Å². The highest BCUT2D eigenvalue weighted by atomic mass is 19.1. The van der Waals surface area contributed by atoms with Gasteiger partial charge < -0.3 is 10.5 Å². The molecule has 3 nitrogen and oxygen atoms in total. The van der Waals surface area contributed by atoms with Crippen LogP contribution < -0.4 is 10.5 Å². The number of benzene rings is 1. The van der Waals surface area contributed by atoms with Crippen LogP contribution in [-0.2, 0) is 6.54 Å². The molecule has 0 saturated carbocycles. The van der Waals surface area contributed by atoms with Gasteiger partial charge in [0.05, 0.1) is 12.8 Å². The smallest absolute Gasteiger partial charge is 0.138 e. The lowest BCUT2D eigenvalue weighted by atomic mass is 10.0. The molecule has 0 bridgehead atoms. The summed E-state index contributed by atoms with van der Waals surface area (Å²) in [6.07, 6.45) is 4.28. The van der Waals surface area contributed by atoms with Crippen molar-refractivity contribution in [3.05, 3.63) is 48.0 Å². The van der Waals surface area contributed by atoms with Crippen molar-refractivity contribution in [3.8, 4) is 16.9 Å². The van der Waals surface area contributed by atoms with Crippen LogP contribution in [0.4, 0.5) is 4.39 Å². The van der Waals surface area contributed by atoms with Crippen LogP contribution in [-0.4, -0.2) is 11.6 Å². The van der Waals surface area contributed by atoms with Crippen LogP contribution in [0, 0.1) is 5.82 Å². The Morgan fingerprint density at radius 1 is 1.21 bits per heavy atom. The van der Waals surface area contributed by atoms with E-state index >= 15 is 0 Å². The van der Waals surface area contributed by atoms with Crippen molar-refractivity contribution in [1.82, 2.24) is 4.98 Å². The number of hydrogen-bond acceptors (Lipinski definition) is 3. The van der Waals surface area contributed by atoms with E-state index in [2.05, 4.69) is 4.98 Å². The predicted octanol–water partition coefficient (Wildman–Crippen LogP) is 3.14. The van der Waals surface area contributed by atoms with Crippen LogP contribution in [0.2, 0.25) is 0 Å². The molecule has 0 aliphatic heterocycles. The molecule has 0 radical (unpaired) electrons. The van der Waals surface area contributed by atoms with E-state index in [1.54, 1.807) is 18.5 Å². The van der Waals surface area contributed by atoms with Gasteiger partial charge in [-0.25, -0.2) is 4.39 Å². The molecule has 0 unspecified atom stereocenters. The molecule has 1 aromatic carbocycles. The van der Waals surface area contributed by atoms with Crippen LogP contribution in [0.25, 0.3) is 11.1 Å². The lowest BCUT2D eigenvalue weighted by Gasteiger charge is -2.08. The molecule has 2 rings (SSSR count). The lowest BCUT2D eigenvalue weighted by Crippen LogP contribution is -1.99. The zero-order valence-electron chi connectivity index (χ0n) is 10.9. The summed E-state index contributed by atoms with van der Waals surface area (Å²) in [6, 6.07) is 6.87. The van der Waals surface area contributed by atoms with Crippen molar-refractivity contribution in [2.24, 2.45) is 5.73 Å². The Balaban J connectivity index is 2.28. The van der Waals surface area contributed by atoms with Gasteiger partial charge in [0.1, 0.15) is 11.6 Å². The zero-order chi connectivity index (χ0) is 13.7. The fourth-order valence-corrected chi connectivity index (χ4v) is 1.77. The summed E-state index contributed by atoms with van der Waals surface area (Å²) >= 11 is 0. The molecular weight excluding hydrogens is 243 g/mol. The average Bonchev–Trinajstić information content (AvgIpc) is 2.45. The second-order valence-corrected chi connectivity index (χ2v) is 4.27. The number of pyridine rings is 1. The van der Waals surface area contributed by atoms with Gasteiger partial charge in [0.25, 0.3) is 0 Å². The minimum absolute atomic E-state index is 0.198. The van der Waals surface area contributed by atoms with Crippen molar-refractivity contribution in [2.45, 2.75) is 19.9 Å². The van der Waals surface area contributed by atoms with Crippen molar-refractivity contribution in [3.63, 3.8) is 0 Å². The molecule has 2 aromatic rings. The van der Waals surface area contributed by atoms with Gasteiger partial charge >= 0.3 is 0 Å². The first-order chi connectivity index (χ1) is 9.24. The second kappa shape index (κ2) is 6.29. The normalized spacial score (nSPS) is 10.5. The van der Waals surface area contributed by atoms with Crippen LogP contribution in [0.1, 0.15) is 18.9 Å². The van der Waals surface area contributed by atoms with E-state index in [1.165, 1.54) is 6.07 Å². The van der Waals surface area contributed by atoms with E-state index in [9.17, 15) is 4.39 Å². The van der Waals surface area contributed by atoms with Gasteiger partial charge in [0.15, 0.2) is 0 Å². The van der Waals surface area contributed by atoms with E-state index < -0.39 is 0 Å².